The average Bonchev–Trinajstić information content (AvgIpc) is 2.79. The molecule has 5 heteroatoms. The molecule has 23 heavy (non-hydrogen) atoms. The highest BCUT2D eigenvalue weighted by Crippen LogP contribution is 2.34. The summed E-state index contributed by atoms with van der Waals surface area (Å²) in [5.41, 5.74) is 0.583. The zero-order chi connectivity index (χ0) is 16.8. The lowest BCUT2D eigenvalue weighted by Crippen LogP contribution is -2.21. The summed E-state index contributed by atoms with van der Waals surface area (Å²) in [7, 11) is 0. The first-order valence-corrected chi connectivity index (χ1v) is 8.68. The Hall–Kier alpha value is -1.32. The third-order valence-electron chi connectivity index (χ3n) is 4.13. The van der Waals surface area contributed by atoms with Crippen molar-refractivity contribution in [2.45, 2.75) is 39.0 Å². The number of ketones is 1. The molecule has 0 bridgehead atoms. The Morgan fingerprint density at radius 3 is 2.61 bits per heavy atom. The van der Waals surface area contributed by atoms with Gasteiger partial charge in [0, 0.05) is 34.5 Å². The summed E-state index contributed by atoms with van der Waals surface area (Å²) in [6.45, 7) is 2.06. The molecular weight excluding hydrogens is 333 g/mol. The van der Waals surface area contributed by atoms with Crippen LogP contribution in [0.4, 0.5) is 5.69 Å². The number of hydrogen-bond acceptors (Lipinski definition) is 2. The second kappa shape index (κ2) is 8.51. The largest absolute Gasteiger partial charge is 0.326 e. The Kier molecular flexibility index (Phi) is 6.67. The normalized spacial score (nSPS) is 21.1. The van der Waals surface area contributed by atoms with Gasteiger partial charge in [0.15, 0.2) is 0 Å². The maximum absolute atomic E-state index is 12.2. The van der Waals surface area contributed by atoms with Gasteiger partial charge < -0.3 is 5.32 Å². The number of rotatable bonds is 6. The van der Waals surface area contributed by atoms with Gasteiger partial charge in [0.25, 0.3) is 0 Å². The van der Waals surface area contributed by atoms with E-state index >= 15 is 0 Å². The number of halogens is 2. The predicted octanol–water partition coefficient (Wildman–Crippen LogP) is 5.27. The molecule has 0 heterocycles. The lowest BCUT2D eigenvalue weighted by molar-refractivity contribution is -0.121. The van der Waals surface area contributed by atoms with E-state index in [0.29, 0.717) is 28.6 Å². The van der Waals surface area contributed by atoms with Gasteiger partial charge in [-0.05, 0) is 43.4 Å². The summed E-state index contributed by atoms with van der Waals surface area (Å²) in [5, 5.41) is 3.77. The van der Waals surface area contributed by atoms with Crippen LogP contribution in [-0.4, -0.2) is 11.7 Å². The van der Waals surface area contributed by atoms with Gasteiger partial charge in [-0.25, -0.2) is 0 Å². The fourth-order valence-corrected chi connectivity index (χ4v) is 3.56. The van der Waals surface area contributed by atoms with Crippen LogP contribution in [0.1, 0.15) is 39.0 Å². The second-order valence-electron chi connectivity index (χ2n) is 5.90. The zero-order valence-corrected chi connectivity index (χ0v) is 14.7. The van der Waals surface area contributed by atoms with Crippen LogP contribution in [0.25, 0.3) is 0 Å². The predicted molar refractivity (Wildman–Crippen MR) is 95.0 cm³/mol. The monoisotopic (exact) mass is 353 g/mol. The topological polar surface area (TPSA) is 46.2 Å². The molecule has 1 aliphatic rings. The molecule has 1 fully saturated rings. The van der Waals surface area contributed by atoms with Gasteiger partial charge in [0.2, 0.25) is 5.91 Å². The maximum atomic E-state index is 12.2. The molecule has 1 aliphatic carbocycles. The van der Waals surface area contributed by atoms with Gasteiger partial charge in [-0.1, -0.05) is 42.3 Å². The quantitative estimate of drug-likeness (QED) is 0.707. The second-order valence-corrected chi connectivity index (χ2v) is 6.77. The molecule has 0 aliphatic heterocycles. The number of carbonyl (C=O) groups is 2. The molecule has 1 N–H and O–H groups in total. The average molecular weight is 354 g/mol. The van der Waals surface area contributed by atoms with Crippen LogP contribution in [0, 0.1) is 11.8 Å². The number of Topliss-reactive ketones (excluding diaryl/α,β-unsaturated/α-hetero) is 1. The van der Waals surface area contributed by atoms with Gasteiger partial charge in [0.1, 0.15) is 5.78 Å². The highest BCUT2D eigenvalue weighted by atomic mass is 35.5. The summed E-state index contributed by atoms with van der Waals surface area (Å²) in [5.74, 6) is 0.243. The van der Waals surface area contributed by atoms with E-state index in [4.69, 9.17) is 23.2 Å². The molecule has 1 amide bonds. The van der Waals surface area contributed by atoms with Gasteiger partial charge >= 0.3 is 0 Å². The van der Waals surface area contributed by atoms with Crippen LogP contribution in [0.15, 0.2) is 30.4 Å². The molecule has 1 aromatic carbocycles. The molecule has 0 aromatic heterocycles. The molecule has 2 atom stereocenters. The summed E-state index contributed by atoms with van der Waals surface area (Å²) in [4.78, 5) is 24.3. The van der Waals surface area contributed by atoms with E-state index in [2.05, 4.69) is 24.4 Å². The lowest BCUT2D eigenvalue weighted by atomic mass is 9.89. The Morgan fingerprint density at radius 1 is 1.26 bits per heavy atom. The smallest absolute Gasteiger partial charge is 0.224 e. The standard InChI is InChI=1S/C18H21Cl2NO2/c1-2-3-4-5-16-12(6-7-17(16)22)8-18(23)21-15-10-13(19)9-14(20)11-15/h3-4,9-12,16H,2,5-8H2,1H3,(H,21,23)/b4-3-/t12-,16-/m1/s1. The van der Waals surface area contributed by atoms with Gasteiger partial charge in [-0.3, -0.25) is 9.59 Å². The van der Waals surface area contributed by atoms with E-state index in [9.17, 15) is 9.59 Å². The Bertz CT molecular complexity index is 593. The fraction of sp³-hybridized carbons (Fsp3) is 0.444. The van der Waals surface area contributed by atoms with Crippen LogP contribution >= 0.6 is 23.2 Å². The van der Waals surface area contributed by atoms with Crippen molar-refractivity contribution < 1.29 is 9.59 Å². The molecule has 1 aromatic rings. The fourth-order valence-electron chi connectivity index (χ4n) is 3.03. The first-order chi connectivity index (χ1) is 11.0. The number of hydrogen-bond donors (Lipinski definition) is 1. The zero-order valence-electron chi connectivity index (χ0n) is 13.1. The van der Waals surface area contributed by atoms with E-state index in [-0.39, 0.29) is 23.5 Å². The number of allylic oxidation sites excluding steroid dienone is 2. The van der Waals surface area contributed by atoms with Gasteiger partial charge in [0.05, 0.1) is 0 Å². The number of amides is 1. The minimum Gasteiger partial charge on any atom is -0.326 e. The molecule has 3 nitrogen and oxygen atoms in total. The van der Waals surface area contributed by atoms with Crippen LogP contribution in [-0.2, 0) is 9.59 Å². The first-order valence-electron chi connectivity index (χ1n) is 7.93. The number of benzene rings is 1. The van der Waals surface area contributed by atoms with E-state index < -0.39 is 0 Å². The molecular formula is C18H21Cl2NO2. The van der Waals surface area contributed by atoms with Crippen LogP contribution in [0.3, 0.4) is 0 Å². The maximum Gasteiger partial charge on any atom is 0.224 e. The van der Waals surface area contributed by atoms with Crippen molar-refractivity contribution in [3.05, 3.63) is 40.4 Å². The number of carbonyl (C=O) groups excluding carboxylic acids is 2. The third-order valence-corrected chi connectivity index (χ3v) is 4.57. The van der Waals surface area contributed by atoms with E-state index in [0.717, 1.165) is 19.3 Å². The molecule has 0 spiro atoms. The van der Waals surface area contributed by atoms with Crippen molar-refractivity contribution in [3.8, 4) is 0 Å². The minimum atomic E-state index is -0.104. The van der Waals surface area contributed by atoms with Crippen LogP contribution < -0.4 is 5.32 Å². The third kappa shape index (κ3) is 5.36. The molecule has 1 saturated carbocycles. The molecule has 0 saturated heterocycles. The van der Waals surface area contributed by atoms with Crippen molar-refractivity contribution in [2.24, 2.45) is 11.8 Å². The highest BCUT2D eigenvalue weighted by molar-refractivity contribution is 6.35. The van der Waals surface area contributed by atoms with Crippen LogP contribution in [0.5, 0.6) is 0 Å². The van der Waals surface area contributed by atoms with Crippen molar-refractivity contribution >= 4 is 40.6 Å². The molecule has 0 radical (unpaired) electrons. The van der Waals surface area contributed by atoms with E-state index in [1.54, 1.807) is 18.2 Å². The van der Waals surface area contributed by atoms with Crippen molar-refractivity contribution in [3.63, 3.8) is 0 Å². The van der Waals surface area contributed by atoms with Crippen LogP contribution in [0.2, 0.25) is 10.0 Å². The van der Waals surface area contributed by atoms with Crippen molar-refractivity contribution in [1.29, 1.82) is 0 Å². The van der Waals surface area contributed by atoms with Gasteiger partial charge in [-0.2, -0.15) is 0 Å². The lowest BCUT2D eigenvalue weighted by Gasteiger charge is -2.16. The Balaban J connectivity index is 1.95. The highest BCUT2D eigenvalue weighted by Gasteiger charge is 2.34. The van der Waals surface area contributed by atoms with Crippen molar-refractivity contribution in [1.82, 2.24) is 0 Å². The molecule has 124 valence electrons. The van der Waals surface area contributed by atoms with E-state index in [1.807, 2.05) is 0 Å². The number of anilines is 1. The summed E-state index contributed by atoms with van der Waals surface area (Å²) in [6.07, 6.45) is 7.51. The number of nitrogens with one attached hydrogen (secondary N) is 1. The molecule has 0 unspecified atom stereocenters. The minimum absolute atomic E-state index is 0.0356. The summed E-state index contributed by atoms with van der Waals surface area (Å²) < 4.78 is 0. The van der Waals surface area contributed by atoms with Crippen molar-refractivity contribution in [2.75, 3.05) is 5.32 Å². The SMILES string of the molecule is CC/C=C\C[C@H]1C(=O)CC[C@@H]1CC(=O)Nc1cc(Cl)cc(Cl)c1. The first kappa shape index (κ1) is 18.0. The Morgan fingerprint density at radius 2 is 1.96 bits per heavy atom. The molecule has 2 rings (SSSR count). The van der Waals surface area contributed by atoms with Gasteiger partial charge in [-0.15, -0.1) is 0 Å². The summed E-state index contributed by atoms with van der Waals surface area (Å²) >= 11 is 11.9. The Labute approximate surface area is 147 Å². The van der Waals surface area contributed by atoms with E-state index in [1.165, 1.54) is 0 Å². The summed E-state index contributed by atoms with van der Waals surface area (Å²) in [6, 6.07) is 4.93.